The SMILES string of the molecule is N[C@@]1(C(=O)O)CN(C(=O)[C@@H]2CCCCN2)CC1CCCB(O)O. The largest absolute Gasteiger partial charge is 0.480 e. The molecule has 2 aliphatic heterocycles. The third-order valence-corrected chi connectivity index (χ3v) is 4.95. The van der Waals surface area contributed by atoms with Crippen LogP contribution in [-0.2, 0) is 9.59 Å². The van der Waals surface area contributed by atoms with Gasteiger partial charge in [0.1, 0.15) is 5.54 Å². The van der Waals surface area contributed by atoms with Gasteiger partial charge >= 0.3 is 13.1 Å². The van der Waals surface area contributed by atoms with Crippen molar-refractivity contribution in [2.24, 2.45) is 11.7 Å². The Labute approximate surface area is 136 Å². The number of nitrogens with zero attached hydrogens (tertiary/aromatic N) is 1. The number of hydrogen-bond acceptors (Lipinski definition) is 6. The number of piperidine rings is 1. The molecule has 0 spiro atoms. The van der Waals surface area contributed by atoms with Crippen LogP contribution in [0.3, 0.4) is 0 Å². The van der Waals surface area contributed by atoms with E-state index in [9.17, 15) is 14.7 Å². The fraction of sp³-hybridized carbons (Fsp3) is 0.857. The van der Waals surface area contributed by atoms with Gasteiger partial charge in [-0.2, -0.15) is 0 Å². The Hall–Kier alpha value is -1.16. The van der Waals surface area contributed by atoms with Gasteiger partial charge in [0.15, 0.2) is 0 Å². The minimum Gasteiger partial charge on any atom is -0.480 e. The van der Waals surface area contributed by atoms with E-state index in [2.05, 4.69) is 5.32 Å². The van der Waals surface area contributed by atoms with Crippen LogP contribution in [0.25, 0.3) is 0 Å². The Morgan fingerprint density at radius 2 is 2.09 bits per heavy atom. The molecule has 3 atom stereocenters. The van der Waals surface area contributed by atoms with Gasteiger partial charge in [-0.15, -0.1) is 0 Å². The molecular formula is C14H26BN3O5. The molecule has 2 saturated heterocycles. The van der Waals surface area contributed by atoms with Crippen LogP contribution in [0.15, 0.2) is 0 Å². The molecule has 2 heterocycles. The lowest BCUT2D eigenvalue weighted by Crippen LogP contribution is -2.56. The molecular weight excluding hydrogens is 301 g/mol. The zero-order chi connectivity index (χ0) is 17.0. The summed E-state index contributed by atoms with van der Waals surface area (Å²) in [5, 5.41) is 30.5. The average molecular weight is 327 g/mol. The number of nitrogens with two attached hydrogens (primary N) is 1. The summed E-state index contributed by atoms with van der Waals surface area (Å²) >= 11 is 0. The van der Waals surface area contributed by atoms with Crippen LogP contribution in [0.1, 0.15) is 32.1 Å². The third-order valence-electron chi connectivity index (χ3n) is 4.95. The number of rotatable bonds is 6. The van der Waals surface area contributed by atoms with E-state index < -0.39 is 18.6 Å². The molecule has 0 bridgehead atoms. The van der Waals surface area contributed by atoms with Crippen LogP contribution in [0, 0.1) is 5.92 Å². The molecule has 8 nitrogen and oxygen atoms in total. The Kier molecular flexibility index (Phi) is 6.02. The smallest absolute Gasteiger partial charge is 0.451 e. The van der Waals surface area contributed by atoms with Crippen molar-refractivity contribution in [3.05, 3.63) is 0 Å². The van der Waals surface area contributed by atoms with Crippen LogP contribution in [0.5, 0.6) is 0 Å². The van der Waals surface area contributed by atoms with Crippen molar-refractivity contribution in [2.45, 2.75) is 50.0 Å². The lowest BCUT2D eigenvalue weighted by atomic mass is 9.78. The Morgan fingerprint density at radius 1 is 1.35 bits per heavy atom. The molecule has 6 N–H and O–H groups in total. The summed E-state index contributed by atoms with van der Waals surface area (Å²) in [7, 11) is -1.41. The molecule has 1 amide bonds. The van der Waals surface area contributed by atoms with E-state index in [1.165, 1.54) is 0 Å². The molecule has 0 aromatic rings. The topological polar surface area (TPSA) is 136 Å². The van der Waals surface area contributed by atoms with E-state index in [1.54, 1.807) is 4.90 Å². The monoisotopic (exact) mass is 327 g/mol. The second-order valence-corrected chi connectivity index (χ2v) is 6.68. The first-order valence-electron chi connectivity index (χ1n) is 8.25. The van der Waals surface area contributed by atoms with Crippen LogP contribution >= 0.6 is 0 Å². The highest BCUT2D eigenvalue weighted by molar-refractivity contribution is 6.40. The number of likely N-dealkylation sites (tertiary alicyclic amines) is 1. The van der Waals surface area contributed by atoms with E-state index >= 15 is 0 Å². The summed E-state index contributed by atoms with van der Waals surface area (Å²) in [5.41, 5.74) is 4.61. The minimum atomic E-state index is -1.47. The van der Waals surface area contributed by atoms with Crippen molar-refractivity contribution < 1.29 is 24.7 Å². The Morgan fingerprint density at radius 3 is 2.65 bits per heavy atom. The fourth-order valence-electron chi connectivity index (χ4n) is 3.53. The highest BCUT2D eigenvalue weighted by Gasteiger charge is 2.51. The number of carboxylic acid groups (broad SMARTS) is 1. The highest BCUT2D eigenvalue weighted by Crippen LogP contribution is 2.31. The third kappa shape index (κ3) is 4.23. The molecule has 0 aliphatic carbocycles. The van der Waals surface area contributed by atoms with E-state index in [0.29, 0.717) is 19.4 Å². The molecule has 1 unspecified atom stereocenters. The molecule has 2 rings (SSSR count). The van der Waals surface area contributed by atoms with E-state index in [1.807, 2.05) is 0 Å². The first-order chi connectivity index (χ1) is 10.8. The van der Waals surface area contributed by atoms with Crippen molar-refractivity contribution in [3.8, 4) is 0 Å². The fourth-order valence-corrected chi connectivity index (χ4v) is 3.53. The van der Waals surface area contributed by atoms with Gasteiger partial charge in [-0.1, -0.05) is 12.8 Å². The summed E-state index contributed by atoms with van der Waals surface area (Å²) in [6.07, 6.45) is 3.87. The molecule has 0 saturated carbocycles. The second kappa shape index (κ2) is 7.61. The van der Waals surface area contributed by atoms with Gasteiger partial charge in [-0.05, 0) is 32.1 Å². The van der Waals surface area contributed by atoms with Crippen LogP contribution in [0.4, 0.5) is 0 Å². The van der Waals surface area contributed by atoms with Crippen molar-refractivity contribution in [2.75, 3.05) is 19.6 Å². The maximum Gasteiger partial charge on any atom is 0.451 e. The average Bonchev–Trinajstić information content (AvgIpc) is 2.86. The van der Waals surface area contributed by atoms with Gasteiger partial charge < -0.3 is 31.1 Å². The number of amides is 1. The predicted molar refractivity (Wildman–Crippen MR) is 84.5 cm³/mol. The maximum absolute atomic E-state index is 12.6. The number of nitrogens with one attached hydrogen (secondary N) is 1. The number of carbonyl (C=O) groups is 2. The summed E-state index contributed by atoms with van der Waals surface area (Å²) < 4.78 is 0. The Balaban J connectivity index is 2.00. The summed E-state index contributed by atoms with van der Waals surface area (Å²) in [4.78, 5) is 25.7. The minimum absolute atomic E-state index is 0.00565. The molecule has 9 heteroatoms. The van der Waals surface area contributed by atoms with Crippen molar-refractivity contribution in [1.82, 2.24) is 10.2 Å². The molecule has 0 radical (unpaired) electrons. The van der Waals surface area contributed by atoms with Gasteiger partial charge in [-0.3, -0.25) is 9.59 Å². The highest BCUT2D eigenvalue weighted by atomic mass is 16.4. The summed E-state index contributed by atoms with van der Waals surface area (Å²) in [5.74, 6) is -1.57. The Bertz CT molecular complexity index is 444. The van der Waals surface area contributed by atoms with Crippen LogP contribution in [0.2, 0.25) is 6.32 Å². The summed E-state index contributed by atoms with van der Waals surface area (Å²) in [6.45, 7) is 1.11. The first-order valence-corrected chi connectivity index (χ1v) is 8.25. The normalized spacial score (nSPS) is 31.2. The molecule has 130 valence electrons. The molecule has 23 heavy (non-hydrogen) atoms. The van der Waals surface area contributed by atoms with Crippen molar-refractivity contribution >= 4 is 19.0 Å². The molecule has 2 fully saturated rings. The van der Waals surface area contributed by atoms with Gasteiger partial charge in [0.2, 0.25) is 5.91 Å². The standard InChI is InChI=1S/C14H26BN3O5/c16-14(13(20)21)9-18(8-10(14)4-3-6-15(22)23)12(19)11-5-1-2-7-17-11/h10-11,17,22-23H,1-9,16H2,(H,20,21)/t10?,11-,14-/m0/s1. The van der Waals surface area contributed by atoms with Gasteiger partial charge in [0, 0.05) is 19.0 Å². The predicted octanol–water partition coefficient (Wildman–Crippen LogP) is -1.38. The number of carboxylic acids is 1. The number of aliphatic carboxylic acids is 1. The molecule has 0 aromatic carbocycles. The first kappa shape index (κ1) is 18.2. The van der Waals surface area contributed by atoms with E-state index in [0.717, 1.165) is 25.8 Å². The van der Waals surface area contributed by atoms with Gasteiger partial charge in [0.05, 0.1) is 6.04 Å². The maximum atomic E-state index is 12.6. The van der Waals surface area contributed by atoms with Crippen molar-refractivity contribution in [1.29, 1.82) is 0 Å². The number of hydrogen-bond donors (Lipinski definition) is 5. The van der Waals surface area contributed by atoms with Gasteiger partial charge in [0.25, 0.3) is 0 Å². The zero-order valence-electron chi connectivity index (χ0n) is 13.3. The second-order valence-electron chi connectivity index (χ2n) is 6.68. The van der Waals surface area contributed by atoms with Crippen LogP contribution < -0.4 is 11.1 Å². The number of carbonyl (C=O) groups excluding carboxylic acids is 1. The summed E-state index contributed by atoms with van der Waals surface area (Å²) in [6, 6.07) is -0.250. The zero-order valence-corrected chi connectivity index (χ0v) is 13.3. The lowest BCUT2D eigenvalue weighted by molar-refractivity contribution is -0.144. The molecule has 0 aromatic heterocycles. The van der Waals surface area contributed by atoms with Crippen molar-refractivity contribution in [3.63, 3.8) is 0 Å². The lowest BCUT2D eigenvalue weighted by Gasteiger charge is -2.28. The van der Waals surface area contributed by atoms with E-state index in [4.69, 9.17) is 15.8 Å². The van der Waals surface area contributed by atoms with Gasteiger partial charge in [-0.25, -0.2) is 0 Å². The van der Waals surface area contributed by atoms with E-state index in [-0.39, 0.29) is 30.7 Å². The quantitative estimate of drug-likeness (QED) is 0.379. The molecule has 2 aliphatic rings. The van der Waals surface area contributed by atoms with Crippen LogP contribution in [-0.4, -0.2) is 70.3 Å².